The van der Waals surface area contributed by atoms with Crippen molar-refractivity contribution in [3.63, 3.8) is 0 Å². The number of para-hydroxylation sites is 1. The molecular formula is C12H16N4OS. The maximum absolute atomic E-state index is 11.7. The van der Waals surface area contributed by atoms with E-state index in [1.807, 2.05) is 36.2 Å². The van der Waals surface area contributed by atoms with Crippen LogP contribution in [-0.4, -0.2) is 42.5 Å². The average Bonchev–Trinajstić information content (AvgIpc) is 2.70. The van der Waals surface area contributed by atoms with Gasteiger partial charge in [-0.15, -0.1) is 0 Å². The summed E-state index contributed by atoms with van der Waals surface area (Å²) in [7, 11) is 1.87. The first-order valence-electron chi connectivity index (χ1n) is 5.73. The molecule has 18 heavy (non-hydrogen) atoms. The van der Waals surface area contributed by atoms with Gasteiger partial charge in [-0.2, -0.15) is 0 Å². The Hall–Kier alpha value is -1.50. The number of aromatic nitrogens is 1. The standard InChI is InChI=1S/C12H16N4OS/c1-16(7-6-13)8-11(17)15-12-14-9-4-2-3-5-10(9)18-12/h2-5H,6-8,13H2,1H3,(H,14,15,17). The van der Waals surface area contributed by atoms with Crippen LogP contribution in [0, 0.1) is 0 Å². The molecule has 96 valence electrons. The molecule has 0 bridgehead atoms. The van der Waals surface area contributed by atoms with Crippen molar-refractivity contribution < 1.29 is 4.79 Å². The van der Waals surface area contributed by atoms with E-state index in [0.717, 1.165) is 10.2 Å². The van der Waals surface area contributed by atoms with Gasteiger partial charge in [0.25, 0.3) is 0 Å². The molecule has 3 N–H and O–H groups in total. The third kappa shape index (κ3) is 3.25. The molecule has 0 atom stereocenters. The monoisotopic (exact) mass is 264 g/mol. The summed E-state index contributed by atoms with van der Waals surface area (Å²) >= 11 is 1.48. The predicted octanol–water partition coefficient (Wildman–Crippen LogP) is 1.13. The third-order valence-corrected chi connectivity index (χ3v) is 3.42. The van der Waals surface area contributed by atoms with Crippen LogP contribution in [0.3, 0.4) is 0 Å². The smallest absolute Gasteiger partial charge is 0.240 e. The Morgan fingerprint density at radius 2 is 2.28 bits per heavy atom. The van der Waals surface area contributed by atoms with Crippen LogP contribution >= 0.6 is 11.3 Å². The SMILES string of the molecule is CN(CCN)CC(=O)Nc1nc2ccccc2s1. The number of hydrogen-bond acceptors (Lipinski definition) is 5. The number of fused-ring (bicyclic) bond motifs is 1. The van der Waals surface area contributed by atoms with Crippen molar-refractivity contribution in [2.45, 2.75) is 0 Å². The van der Waals surface area contributed by atoms with Gasteiger partial charge in [-0.1, -0.05) is 23.5 Å². The summed E-state index contributed by atoms with van der Waals surface area (Å²) in [5.41, 5.74) is 6.34. The number of amides is 1. The second-order valence-electron chi connectivity index (χ2n) is 4.06. The minimum absolute atomic E-state index is 0.0648. The molecule has 0 aliphatic heterocycles. The summed E-state index contributed by atoms with van der Waals surface area (Å²) in [5.74, 6) is -0.0648. The summed E-state index contributed by atoms with van der Waals surface area (Å²) in [4.78, 5) is 18.0. The Morgan fingerprint density at radius 1 is 1.50 bits per heavy atom. The number of likely N-dealkylation sites (N-methyl/N-ethyl adjacent to an activating group) is 1. The second-order valence-corrected chi connectivity index (χ2v) is 5.09. The molecule has 5 nitrogen and oxygen atoms in total. The first-order chi connectivity index (χ1) is 8.69. The van der Waals surface area contributed by atoms with Gasteiger partial charge in [0.1, 0.15) is 0 Å². The Balaban J connectivity index is 1.98. The Bertz CT molecular complexity index is 507. The summed E-state index contributed by atoms with van der Waals surface area (Å²) in [5, 5.41) is 3.45. The molecule has 0 spiro atoms. The number of nitrogens with two attached hydrogens (primary N) is 1. The molecule has 1 amide bonds. The fourth-order valence-corrected chi connectivity index (χ4v) is 2.51. The van der Waals surface area contributed by atoms with E-state index >= 15 is 0 Å². The normalized spacial score (nSPS) is 11.1. The van der Waals surface area contributed by atoms with E-state index in [1.54, 1.807) is 0 Å². The van der Waals surface area contributed by atoms with Gasteiger partial charge in [-0.25, -0.2) is 4.98 Å². The van der Waals surface area contributed by atoms with Crippen molar-refractivity contribution >= 4 is 32.6 Å². The topological polar surface area (TPSA) is 71.2 Å². The molecule has 2 rings (SSSR count). The molecule has 0 saturated heterocycles. The fourth-order valence-electron chi connectivity index (χ4n) is 1.63. The number of carbonyl (C=O) groups excluding carboxylic acids is 1. The van der Waals surface area contributed by atoms with Crippen molar-refractivity contribution in [3.8, 4) is 0 Å². The quantitative estimate of drug-likeness (QED) is 0.849. The first-order valence-corrected chi connectivity index (χ1v) is 6.54. The highest BCUT2D eigenvalue weighted by Gasteiger charge is 2.09. The highest BCUT2D eigenvalue weighted by Crippen LogP contribution is 2.25. The Labute approximate surface area is 110 Å². The highest BCUT2D eigenvalue weighted by atomic mass is 32.1. The van der Waals surface area contributed by atoms with Crippen LogP contribution < -0.4 is 11.1 Å². The zero-order chi connectivity index (χ0) is 13.0. The van der Waals surface area contributed by atoms with E-state index in [0.29, 0.717) is 24.8 Å². The molecule has 0 aliphatic carbocycles. The van der Waals surface area contributed by atoms with Crippen molar-refractivity contribution in [2.75, 3.05) is 32.0 Å². The van der Waals surface area contributed by atoms with E-state index in [2.05, 4.69) is 10.3 Å². The summed E-state index contributed by atoms with van der Waals surface area (Å²) in [6.45, 7) is 1.57. The summed E-state index contributed by atoms with van der Waals surface area (Å²) < 4.78 is 1.07. The first kappa shape index (κ1) is 12.9. The van der Waals surface area contributed by atoms with Crippen LogP contribution in [0.4, 0.5) is 5.13 Å². The molecule has 0 unspecified atom stereocenters. The molecule has 0 aliphatic rings. The van der Waals surface area contributed by atoms with Gasteiger partial charge in [0, 0.05) is 13.1 Å². The van der Waals surface area contributed by atoms with Gasteiger partial charge in [0.2, 0.25) is 5.91 Å². The van der Waals surface area contributed by atoms with Crippen LogP contribution in [0.15, 0.2) is 24.3 Å². The number of nitrogens with one attached hydrogen (secondary N) is 1. The highest BCUT2D eigenvalue weighted by molar-refractivity contribution is 7.22. The lowest BCUT2D eigenvalue weighted by Gasteiger charge is -2.13. The number of rotatable bonds is 5. The van der Waals surface area contributed by atoms with Crippen LogP contribution in [0.2, 0.25) is 0 Å². The van der Waals surface area contributed by atoms with Gasteiger partial charge in [0.05, 0.1) is 16.8 Å². The van der Waals surface area contributed by atoms with E-state index in [1.165, 1.54) is 11.3 Å². The molecule has 1 aromatic heterocycles. The Kier molecular flexibility index (Phi) is 4.24. The Morgan fingerprint density at radius 3 is 3.00 bits per heavy atom. The average molecular weight is 264 g/mol. The molecule has 2 aromatic rings. The third-order valence-electron chi connectivity index (χ3n) is 2.46. The minimum atomic E-state index is -0.0648. The number of carbonyl (C=O) groups is 1. The number of benzene rings is 1. The lowest BCUT2D eigenvalue weighted by atomic mass is 10.3. The van der Waals surface area contributed by atoms with Crippen LogP contribution in [0.1, 0.15) is 0 Å². The van der Waals surface area contributed by atoms with E-state index < -0.39 is 0 Å². The molecule has 6 heteroatoms. The zero-order valence-electron chi connectivity index (χ0n) is 10.2. The van der Waals surface area contributed by atoms with Crippen LogP contribution in [0.25, 0.3) is 10.2 Å². The largest absolute Gasteiger partial charge is 0.329 e. The molecule has 1 heterocycles. The second kappa shape index (κ2) is 5.90. The van der Waals surface area contributed by atoms with Crippen LogP contribution in [0.5, 0.6) is 0 Å². The zero-order valence-corrected chi connectivity index (χ0v) is 11.0. The minimum Gasteiger partial charge on any atom is -0.329 e. The van der Waals surface area contributed by atoms with Gasteiger partial charge >= 0.3 is 0 Å². The number of thiazole rings is 1. The van der Waals surface area contributed by atoms with Crippen molar-refractivity contribution in [2.24, 2.45) is 5.73 Å². The lowest BCUT2D eigenvalue weighted by molar-refractivity contribution is -0.117. The number of hydrogen-bond donors (Lipinski definition) is 2. The maximum atomic E-state index is 11.7. The van der Waals surface area contributed by atoms with E-state index in [9.17, 15) is 4.79 Å². The van der Waals surface area contributed by atoms with E-state index in [-0.39, 0.29) is 5.91 Å². The van der Waals surface area contributed by atoms with Gasteiger partial charge in [0.15, 0.2) is 5.13 Å². The number of nitrogens with zero attached hydrogens (tertiary/aromatic N) is 2. The van der Waals surface area contributed by atoms with E-state index in [4.69, 9.17) is 5.73 Å². The predicted molar refractivity (Wildman–Crippen MR) is 74.8 cm³/mol. The summed E-state index contributed by atoms with van der Waals surface area (Å²) in [6.07, 6.45) is 0. The van der Waals surface area contributed by atoms with Gasteiger partial charge in [-0.3, -0.25) is 9.69 Å². The van der Waals surface area contributed by atoms with Crippen LogP contribution in [-0.2, 0) is 4.79 Å². The van der Waals surface area contributed by atoms with Crippen molar-refractivity contribution in [1.82, 2.24) is 9.88 Å². The molecule has 0 saturated carbocycles. The summed E-state index contributed by atoms with van der Waals surface area (Å²) in [6, 6.07) is 7.81. The van der Waals surface area contributed by atoms with Crippen molar-refractivity contribution in [1.29, 1.82) is 0 Å². The number of anilines is 1. The molecule has 0 radical (unpaired) electrons. The van der Waals surface area contributed by atoms with Crippen molar-refractivity contribution in [3.05, 3.63) is 24.3 Å². The van der Waals surface area contributed by atoms with Gasteiger partial charge in [-0.05, 0) is 19.2 Å². The van der Waals surface area contributed by atoms with Gasteiger partial charge < -0.3 is 11.1 Å². The fraction of sp³-hybridized carbons (Fsp3) is 0.333. The molecule has 0 fully saturated rings. The lowest BCUT2D eigenvalue weighted by Crippen LogP contribution is -2.33. The molecular weight excluding hydrogens is 248 g/mol. The molecule has 1 aromatic carbocycles. The maximum Gasteiger partial charge on any atom is 0.240 e.